The van der Waals surface area contributed by atoms with Crippen LogP contribution in [0.1, 0.15) is 12.0 Å². The molecule has 0 aliphatic rings. The maximum Gasteiger partial charge on any atom is 0.303 e. The number of hydrogen-bond donors (Lipinski definition) is 1. The Kier molecular flexibility index (Phi) is 5.82. The first kappa shape index (κ1) is 20.0. The van der Waals surface area contributed by atoms with E-state index in [-0.39, 0.29) is 28.3 Å². The molecular weight excluding hydrogens is 403 g/mol. The third-order valence-corrected chi connectivity index (χ3v) is 6.51. The summed E-state index contributed by atoms with van der Waals surface area (Å²) in [4.78, 5) is 10.3. The highest BCUT2D eigenvalue weighted by molar-refractivity contribution is 7.91. The first-order valence-electron chi connectivity index (χ1n) is 8.40. The van der Waals surface area contributed by atoms with Crippen LogP contribution in [0.5, 0.6) is 0 Å². The Hall–Kier alpha value is -2.70. The van der Waals surface area contributed by atoms with Gasteiger partial charge in [-0.3, -0.25) is 4.79 Å². The summed E-state index contributed by atoms with van der Waals surface area (Å²) in [5.74, 6) is -2.13. The Morgan fingerprint density at radius 2 is 1.57 bits per heavy atom. The fourth-order valence-electron chi connectivity index (χ4n) is 2.95. The zero-order valence-corrected chi connectivity index (χ0v) is 16.2. The van der Waals surface area contributed by atoms with Gasteiger partial charge in [-0.05, 0) is 41.3 Å². The molecule has 0 aromatic heterocycles. The molecule has 0 unspecified atom stereocenters. The van der Waals surface area contributed by atoms with Gasteiger partial charge < -0.3 is 5.11 Å². The van der Waals surface area contributed by atoms with Crippen LogP contribution in [0, 0.1) is 5.82 Å². The van der Waals surface area contributed by atoms with Gasteiger partial charge in [0.15, 0.2) is 0 Å². The van der Waals surface area contributed by atoms with E-state index in [0.717, 1.165) is 0 Å². The molecule has 1 N–H and O–H groups in total. The monoisotopic (exact) mass is 418 g/mol. The van der Waals surface area contributed by atoms with Gasteiger partial charge in [0.1, 0.15) is 10.7 Å². The molecule has 3 rings (SSSR count). The molecule has 0 aliphatic heterocycles. The van der Waals surface area contributed by atoms with Crippen molar-refractivity contribution in [3.05, 3.63) is 83.1 Å². The molecule has 0 spiro atoms. The molecule has 3 aromatic rings. The van der Waals surface area contributed by atoms with Crippen LogP contribution in [-0.2, 0) is 21.1 Å². The first-order chi connectivity index (χ1) is 13.3. The van der Waals surface area contributed by atoms with E-state index in [1.165, 1.54) is 30.3 Å². The van der Waals surface area contributed by atoms with Crippen molar-refractivity contribution in [3.63, 3.8) is 0 Å². The molecule has 0 bridgehead atoms. The lowest BCUT2D eigenvalue weighted by Crippen LogP contribution is -2.10. The van der Waals surface area contributed by atoms with Crippen LogP contribution in [0.15, 0.2) is 76.5 Å². The van der Waals surface area contributed by atoms with Gasteiger partial charge in [0.2, 0.25) is 9.84 Å². The number of aliphatic carboxylic acids is 1. The Bertz CT molecular complexity index is 1110. The summed E-state index contributed by atoms with van der Waals surface area (Å²) in [7, 11) is -4.21. The average Bonchev–Trinajstić information content (AvgIpc) is 2.68. The third-order valence-electron chi connectivity index (χ3n) is 4.27. The summed E-state index contributed by atoms with van der Waals surface area (Å²) in [5.41, 5.74) is 0.996. The van der Waals surface area contributed by atoms with Gasteiger partial charge in [0.05, 0.1) is 9.92 Å². The number of halogens is 2. The lowest BCUT2D eigenvalue weighted by molar-refractivity contribution is -0.136. The molecule has 144 valence electrons. The largest absolute Gasteiger partial charge is 0.481 e. The van der Waals surface area contributed by atoms with E-state index in [1.807, 2.05) is 0 Å². The molecule has 0 amide bonds. The summed E-state index contributed by atoms with van der Waals surface area (Å²) >= 11 is 6.22. The van der Waals surface area contributed by atoms with Crippen molar-refractivity contribution in [1.29, 1.82) is 0 Å². The van der Waals surface area contributed by atoms with Gasteiger partial charge in [-0.2, -0.15) is 0 Å². The summed E-state index contributed by atoms with van der Waals surface area (Å²) in [5, 5.41) is 8.77. The summed E-state index contributed by atoms with van der Waals surface area (Å²) < 4.78 is 41.4. The maximum atomic E-state index is 15.5. The topological polar surface area (TPSA) is 71.4 Å². The van der Waals surface area contributed by atoms with Crippen molar-refractivity contribution >= 4 is 27.4 Å². The highest BCUT2D eigenvalue weighted by Crippen LogP contribution is 2.38. The molecule has 0 fully saturated rings. The van der Waals surface area contributed by atoms with Crippen molar-refractivity contribution in [1.82, 2.24) is 0 Å². The molecule has 0 radical (unpaired) electrons. The molecular formula is C21H16ClFO4S. The quantitative estimate of drug-likeness (QED) is 0.611. The van der Waals surface area contributed by atoms with E-state index in [0.29, 0.717) is 11.1 Å². The lowest BCUT2D eigenvalue weighted by Gasteiger charge is -2.16. The zero-order chi connectivity index (χ0) is 20.3. The van der Waals surface area contributed by atoms with Crippen molar-refractivity contribution in [2.45, 2.75) is 22.6 Å². The van der Waals surface area contributed by atoms with Gasteiger partial charge in [0.25, 0.3) is 0 Å². The van der Waals surface area contributed by atoms with Crippen LogP contribution in [0.25, 0.3) is 11.1 Å². The number of carbonyl (C=O) groups is 1. The smallest absolute Gasteiger partial charge is 0.303 e. The molecule has 7 heteroatoms. The Morgan fingerprint density at radius 3 is 2.14 bits per heavy atom. The Labute approximate surface area is 167 Å². The minimum Gasteiger partial charge on any atom is -0.481 e. The molecule has 0 saturated heterocycles. The van der Waals surface area contributed by atoms with Crippen molar-refractivity contribution in [2.24, 2.45) is 0 Å². The van der Waals surface area contributed by atoms with Crippen LogP contribution in [0.4, 0.5) is 4.39 Å². The van der Waals surface area contributed by atoms with E-state index in [1.54, 1.807) is 36.4 Å². The van der Waals surface area contributed by atoms with Gasteiger partial charge in [-0.1, -0.05) is 60.1 Å². The standard InChI is InChI=1S/C21H16ClFO4S/c22-18-13-17(14-7-3-1-4-8-14)16(11-12-19(24)25)20(23)21(18)28(26,27)15-9-5-2-6-10-15/h1-10,13H,11-12H2,(H,24,25). The summed E-state index contributed by atoms with van der Waals surface area (Å²) in [6, 6.07) is 17.5. The van der Waals surface area contributed by atoms with E-state index in [2.05, 4.69) is 0 Å². The molecule has 4 nitrogen and oxygen atoms in total. The number of carboxylic acid groups (broad SMARTS) is 1. The second-order valence-electron chi connectivity index (χ2n) is 6.10. The van der Waals surface area contributed by atoms with E-state index < -0.39 is 26.5 Å². The normalized spacial score (nSPS) is 11.4. The predicted octanol–water partition coefficient (Wildman–Crippen LogP) is 5.00. The summed E-state index contributed by atoms with van der Waals surface area (Å²) in [6.07, 6.45) is -0.511. The first-order valence-corrected chi connectivity index (χ1v) is 10.3. The van der Waals surface area contributed by atoms with Crippen molar-refractivity contribution < 1.29 is 22.7 Å². The number of benzene rings is 3. The number of rotatable bonds is 6. The summed E-state index contributed by atoms with van der Waals surface area (Å²) in [6.45, 7) is 0. The number of sulfone groups is 1. The molecule has 0 aliphatic carbocycles. The second kappa shape index (κ2) is 8.12. The third kappa shape index (κ3) is 3.93. The molecule has 0 heterocycles. The SMILES string of the molecule is O=C(O)CCc1c(-c2ccccc2)cc(Cl)c(S(=O)(=O)c2ccccc2)c1F. The average molecular weight is 419 g/mol. The maximum absolute atomic E-state index is 15.5. The van der Waals surface area contributed by atoms with Gasteiger partial charge in [-0.25, -0.2) is 12.8 Å². The van der Waals surface area contributed by atoms with Gasteiger partial charge >= 0.3 is 5.97 Å². The van der Waals surface area contributed by atoms with E-state index in [4.69, 9.17) is 16.7 Å². The number of hydrogen-bond acceptors (Lipinski definition) is 3. The van der Waals surface area contributed by atoms with Crippen LogP contribution >= 0.6 is 11.6 Å². The highest BCUT2D eigenvalue weighted by Gasteiger charge is 2.29. The van der Waals surface area contributed by atoms with Gasteiger partial charge in [-0.15, -0.1) is 0 Å². The number of carboxylic acids is 1. The van der Waals surface area contributed by atoms with Crippen molar-refractivity contribution in [3.8, 4) is 11.1 Å². The van der Waals surface area contributed by atoms with Crippen LogP contribution in [0.3, 0.4) is 0 Å². The minimum atomic E-state index is -4.21. The molecule has 28 heavy (non-hydrogen) atoms. The lowest BCUT2D eigenvalue weighted by atomic mass is 9.96. The zero-order valence-electron chi connectivity index (χ0n) is 14.6. The van der Waals surface area contributed by atoms with E-state index >= 15 is 4.39 Å². The predicted molar refractivity (Wildman–Crippen MR) is 105 cm³/mol. The Morgan fingerprint density at radius 1 is 1.00 bits per heavy atom. The molecule has 3 aromatic carbocycles. The molecule has 0 saturated carbocycles. The minimum absolute atomic E-state index is 0.00695. The van der Waals surface area contributed by atoms with Crippen LogP contribution in [0.2, 0.25) is 5.02 Å². The fourth-order valence-corrected chi connectivity index (χ4v) is 4.88. The fraction of sp³-hybridized carbons (Fsp3) is 0.0952. The van der Waals surface area contributed by atoms with Crippen LogP contribution < -0.4 is 0 Å². The van der Waals surface area contributed by atoms with Crippen LogP contribution in [-0.4, -0.2) is 19.5 Å². The molecule has 0 atom stereocenters. The van der Waals surface area contributed by atoms with Crippen molar-refractivity contribution in [2.75, 3.05) is 0 Å². The second-order valence-corrected chi connectivity index (χ2v) is 8.40. The Balaban J connectivity index is 2.26. The van der Waals surface area contributed by atoms with E-state index in [9.17, 15) is 13.2 Å². The van der Waals surface area contributed by atoms with Gasteiger partial charge in [0, 0.05) is 6.42 Å². The highest BCUT2D eigenvalue weighted by atomic mass is 35.5.